The maximum absolute atomic E-state index is 12.6. The summed E-state index contributed by atoms with van der Waals surface area (Å²) in [6, 6.07) is 15.5. The zero-order valence-corrected chi connectivity index (χ0v) is 13.4. The third kappa shape index (κ3) is 4.19. The number of nitrogens with one attached hydrogen (secondary N) is 1. The minimum atomic E-state index is -0.514. The van der Waals surface area contributed by atoms with Crippen molar-refractivity contribution in [3.8, 4) is 11.6 Å². The molecule has 2 aromatic heterocycles. The van der Waals surface area contributed by atoms with Crippen molar-refractivity contribution in [2.45, 2.75) is 6.04 Å². The number of carbonyl (C=O) groups excluding carboxylic acids is 1. The van der Waals surface area contributed by atoms with E-state index in [1.807, 2.05) is 30.3 Å². The van der Waals surface area contributed by atoms with E-state index in [-0.39, 0.29) is 24.0 Å². The van der Waals surface area contributed by atoms with E-state index >= 15 is 0 Å². The lowest BCUT2D eigenvalue weighted by Gasteiger charge is -2.17. The summed E-state index contributed by atoms with van der Waals surface area (Å²) in [5.74, 6) is 0.282. The van der Waals surface area contributed by atoms with Crippen LogP contribution in [0.1, 0.15) is 22.0 Å². The van der Waals surface area contributed by atoms with Gasteiger partial charge >= 0.3 is 0 Å². The van der Waals surface area contributed by atoms with E-state index in [1.165, 1.54) is 6.20 Å². The maximum Gasteiger partial charge on any atom is 0.257 e. The lowest BCUT2D eigenvalue weighted by Crippen LogP contribution is -2.31. The van der Waals surface area contributed by atoms with Crippen LogP contribution < -0.4 is 10.1 Å². The van der Waals surface area contributed by atoms with Crippen molar-refractivity contribution >= 4 is 5.91 Å². The third-order valence-corrected chi connectivity index (χ3v) is 3.55. The summed E-state index contributed by atoms with van der Waals surface area (Å²) < 4.78 is 5.65. The smallest absolute Gasteiger partial charge is 0.257 e. The molecule has 6 heteroatoms. The van der Waals surface area contributed by atoms with Gasteiger partial charge in [-0.3, -0.25) is 9.78 Å². The molecule has 3 rings (SSSR count). The Kier molecular flexibility index (Phi) is 5.33. The third-order valence-electron chi connectivity index (χ3n) is 3.55. The number of amides is 1. The number of benzene rings is 1. The van der Waals surface area contributed by atoms with E-state index < -0.39 is 6.04 Å². The van der Waals surface area contributed by atoms with E-state index in [4.69, 9.17) is 4.74 Å². The molecule has 6 nitrogen and oxygen atoms in total. The fourth-order valence-corrected chi connectivity index (χ4v) is 2.32. The Morgan fingerprint density at radius 2 is 1.88 bits per heavy atom. The van der Waals surface area contributed by atoms with Crippen molar-refractivity contribution in [2.75, 3.05) is 6.61 Å². The highest BCUT2D eigenvalue weighted by molar-refractivity contribution is 5.96. The van der Waals surface area contributed by atoms with Gasteiger partial charge in [0.15, 0.2) is 0 Å². The highest BCUT2D eigenvalue weighted by Gasteiger charge is 2.19. The summed E-state index contributed by atoms with van der Waals surface area (Å²) in [6.45, 7) is -0.213. The summed E-state index contributed by atoms with van der Waals surface area (Å²) >= 11 is 0. The molecule has 0 unspecified atom stereocenters. The Hall–Kier alpha value is -3.25. The van der Waals surface area contributed by atoms with Gasteiger partial charge in [-0.25, -0.2) is 4.98 Å². The zero-order chi connectivity index (χ0) is 17.5. The topological polar surface area (TPSA) is 84.3 Å². The molecule has 0 fully saturated rings. The van der Waals surface area contributed by atoms with Crippen LogP contribution >= 0.6 is 0 Å². The Balaban J connectivity index is 1.80. The molecule has 25 heavy (non-hydrogen) atoms. The molecular weight excluding hydrogens is 318 g/mol. The number of aromatic nitrogens is 2. The van der Waals surface area contributed by atoms with Gasteiger partial charge in [-0.1, -0.05) is 30.3 Å². The molecule has 126 valence electrons. The summed E-state index contributed by atoms with van der Waals surface area (Å²) in [4.78, 5) is 20.7. The summed E-state index contributed by atoms with van der Waals surface area (Å²) in [5, 5.41) is 12.4. The number of carbonyl (C=O) groups is 1. The number of aliphatic hydroxyl groups excluding tert-OH is 1. The minimum absolute atomic E-state index is 0.178. The fourth-order valence-electron chi connectivity index (χ4n) is 2.32. The van der Waals surface area contributed by atoms with E-state index in [9.17, 15) is 9.90 Å². The molecule has 1 aromatic carbocycles. The van der Waals surface area contributed by atoms with Gasteiger partial charge in [0.2, 0.25) is 5.88 Å². The first kappa shape index (κ1) is 16.6. The largest absolute Gasteiger partial charge is 0.437 e. The molecule has 0 aliphatic heterocycles. The second-order valence-electron chi connectivity index (χ2n) is 5.27. The molecule has 0 aliphatic carbocycles. The second kappa shape index (κ2) is 8.03. The Labute approximate surface area is 145 Å². The van der Waals surface area contributed by atoms with E-state index in [0.29, 0.717) is 5.75 Å². The van der Waals surface area contributed by atoms with Crippen LogP contribution in [0.4, 0.5) is 0 Å². The van der Waals surface area contributed by atoms with Gasteiger partial charge < -0.3 is 15.2 Å². The van der Waals surface area contributed by atoms with E-state index in [2.05, 4.69) is 15.3 Å². The van der Waals surface area contributed by atoms with Gasteiger partial charge in [-0.05, 0) is 29.8 Å². The van der Waals surface area contributed by atoms with Crippen LogP contribution in [0.15, 0.2) is 73.2 Å². The Morgan fingerprint density at radius 1 is 1.08 bits per heavy atom. The highest BCUT2D eigenvalue weighted by Crippen LogP contribution is 2.23. The van der Waals surface area contributed by atoms with Crippen LogP contribution in [0.5, 0.6) is 11.6 Å². The van der Waals surface area contributed by atoms with Crippen LogP contribution in [0.25, 0.3) is 0 Å². The van der Waals surface area contributed by atoms with Crippen molar-refractivity contribution < 1.29 is 14.6 Å². The van der Waals surface area contributed by atoms with Crippen LogP contribution in [0, 0.1) is 0 Å². The second-order valence-corrected chi connectivity index (χ2v) is 5.27. The molecule has 0 saturated heterocycles. The van der Waals surface area contributed by atoms with Crippen molar-refractivity contribution in [1.82, 2.24) is 15.3 Å². The number of ether oxygens (including phenoxy) is 1. The number of hydrogen-bond acceptors (Lipinski definition) is 5. The number of nitrogens with zero attached hydrogens (tertiary/aromatic N) is 2. The lowest BCUT2D eigenvalue weighted by atomic mass is 10.1. The van der Waals surface area contributed by atoms with Crippen molar-refractivity contribution in [3.05, 3.63) is 84.3 Å². The van der Waals surface area contributed by atoms with Crippen LogP contribution in [-0.4, -0.2) is 27.6 Å². The summed E-state index contributed by atoms with van der Waals surface area (Å²) in [6.07, 6.45) is 4.71. The average Bonchev–Trinajstić information content (AvgIpc) is 2.68. The van der Waals surface area contributed by atoms with Gasteiger partial charge in [0.25, 0.3) is 5.91 Å². The molecule has 0 bridgehead atoms. The van der Waals surface area contributed by atoms with Crippen molar-refractivity contribution in [2.24, 2.45) is 0 Å². The molecule has 0 spiro atoms. The van der Waals surface area contributed by atoms with Gasteiger partial charge in [-0.15, -0.1) is 0 Å². The molecular formula is C19H17N3O3. The predicted octanol–water partition coefficient (Wildman–Crippen LogP) is 2.73. The van der Waals surface area contributed by atoms with E-state index in [0.717, 1.165) is 5.56 Å². The van der Waals surface area contributed by atoms with Crippen LogP contribution in [0.2, 0.25) is 0 Å². The molecule has 2 N–H and O–H groups in total. The molecule has 3 aromatic rings. The standard InChI is InChI=1S/C19H17N3O3/c23-13-17(14-6-2-1-3-7-14)22-18(24)16-9-5-11-21-19(16)25-15-8-4-10-20-12-15/h1-12,17,23H,13H2,(H,22,24)/t17-/m0/s1. The number of aliphatic hydroxyl groups is 1. The predicted molar refractivity (Wildman–Crippen MR) is 92.3 cm³/mol. The number of hydrogen-bond donors (Lipinski definition) is 2. The molecule has 1 amide bonds. The van der Waals surface area contributed by atoms with Crippen LogP contribution in [0.3, 0.4) is 0 Å². The Morgan fingerprint density at radius 3 is 2.60 bits per heavy atom. The normalized spacial score (nSPS) is 11.6. The Bertz CT molecular complexity index is 826. The highest BCUT2D eigenvalue weighted by atomic mass is 16.5. The fraction of sp³-hybridized carbons (Fsp3) is 0.105. The van der Waals surface area contributed by atoms with Crippen molar-refractivity contribution in [1.29, 1.82) is 0 Å². The van der Waals surface area contributed by atoms with Gasteiger partial charge in [0, 0.05) is 12.4 Å². The summed E-state index contributed by atoms with van der Waals surface area (Å²) in [7, 11) is 0. The number of pyridine rings is 2. The number of rotatable bonds is 6. The zero-order valence-electron chi connectivity index (χ0n) is 13.4. The SMILES string of the molecule is O=C(N[C@@H](CO)c1ccccc1)c1cccnc1Oc1cccnc1. The average molecular weight is 335 g/mol. The first-order valence-corrected chi connectivity index (χ1v) is 7.77. The monoisotopic (exact) mass is 335 g/mol. The van der Waals surface area contributed by atoms with Gasteiger partial charge in [0.05, 0.1) is 18.8 Å². The van der Waals surface area contributed by atoms with Crippen molar-refractivity contribution in [3.63, 3.8) is 0 Å². The summed E-state index contributed by atoms with van der Waals surface area (Å²) in [5.41, 5.74) is 1.10. The maximum atomic E-state index is 12.6. The lowest BCUT2D eigenvalue weighted by molar-refractivity contribution is 0.0913. The molecule has 0 radical (unpaired) electrons. The van der Waals surface area contributed by atoms with Gasteiger partial charge in [-0.2, -0.15) is 0 Å². The van der Waals surface area contributed by atoms with Crippen LogP contribution in [-0.2, 0) is 0 Å². The van der Waals surface area contributed by atoms with E-state index in [1.54, 1.807) is 36.7 Å². The molecule has 2 heterocycles. The first-order valence-electron chi connectivity index (χ1n) is 7.77. The molecule has 0 saturated carbocycles. The van der Waals surface area contributed by atoms with Gasteiger partial charge in [0.1, 0.15) is 11.3 Å². The molecule has 1 atom stereocenters. The molecule has 0 aliphatic rings. The quantitative estimate of drug-likeness (QED) is 0.723. The first-order chi connectivity index (χ1) is 12.3. The minimum Gasteiger partial charge on any atom is -0.437 e.